The lowest BCUT2D eigenvalue weighted by Gasteiger charge is -2.38. The van der Waals surface area contributed by atoms with Crippen molar-refractivity contribution in [2.75, 3.05) is 26.2 Å². The Kier molecular flexibility index (Phi) is 4.66. The zero-order valence-electron chi connectivity index (χ0n) is 12.2. The predicted molar refractivity (Wildman–Crippen MR) is 74.4 cm³/mol. The normalized spacial score (nSPS) is 27.8. The van der Waals surface area contributed by atoms with Crippen molar-refractivity contribution in [3.8, 4) is 0 Å². The standard InChI is InChI=1S/C15H28N2O/c1-12(2)16-9-6-14(7-10-16)15(18)17-8-4-5-13(3)11-17/h12-14H,4-11H2,1-3H3. The van der Waals surface area contributed by atoms with E-state index in [1.807, 2.05) is 0 Å². The van der Waals surface area contributed by atoms with Crippen LogP contribution in [-0.4, -0.2) is 47.9 Å². The van der Waals surface area contributed by atoms with Crippen LogP contribution in [0.5, 0.6) is 0 Å². The molecule has 0 aliphatic carbocycles. The van der Waals surface area contributed by atoms with Crippen LogP contribution in [0.3, 0.4) is 0 Å². The van der Waals surface area contributed by atoms with Gasteiger partial charge in [0, 0.05) is 25.0 Å². The molecule has 1 amide bonds. The van der Waals surface area contributed by atoms with E-state index in [-0.39, 0.29) is 0 Å². The maximum Gasteiger partial charge on any atom is 0.225 e. The highest BCUT2D eigenvalue weighted by Gasteiger charge is 2.30. The van der Waals surface area contributed by atoms with Crippen LogP contribution in [-0.2, 0) is 4.79 Å². The molecule has 1 atom stereocenters. The van der Waals surface area contributed by atoms with Crippen LogP contribution in [0.15, 0.2) is 0 Å². The topological polar surface area (TPSA) is 23.6 Å². The minimum atomic E-state index is 0.297. The number of hydrogen-bond acceptors (Lipinski definition) is 2. The average molecular weight is 252 g/mol. The van der Waals surface area contributed by atoms with E-state index in [1.54, 1.807) is 0 Å². The van der Waals surface area contributed by atoms with E-state index < -0.39 is 0 Å². The molecule has 0 N–H and O–H groups in total. The SMILES string of the molecule is CC1CCCN(C(=O)C2CCN(C(C)C)CC2)C1. The van der Waals surface area contributed by atoms with Gasteiger partial charge in [-0.2, -0.15) is 0 Å². The number of likely N-dealkylation sites (tertiary alicyclic amines) is 2. The highest BCUT2D eigenvalue weighted by atomic mass is 16.2. The van der Waals surface area contributed by atoms with E-state index in [0.29, 0.717) is 23.8 Å². The second kappa shape index (κ2) is 6.05. The summed E-state index contributed by atoms with van der Waals surface area (Å²) in [5.74, 6) is 1.42. The number of piperidine rings is 2. The fraction of sp³-hybridized carbons (Fsp3) is 0.933. The van der Waals surface area contributed by atoms with Crippen molar-refractivity contribution in [2.45, 2.75) is 52.5 Å². The summed E-state index contributed by atoms with van der Waals surface area (Å²) in [6.45, 7) is 10.9. The van der Waals surface area contributed by atoms with Gasteiger partial charge in [0.25, 0.3) is 0 Å². The highest BCUT2D eigenvalue weighted by molar-refractivity contribution is 5.79. The Balaban J connectivity index is 1.83. The van der Waals surface area contributed by atoms with Gasteiger partial charge < -0.3 is 9.80 Å². The van der Waals surface area contributed by atoms with E-state index in [1.165, 1.54) is 12.8 Å². The molecule has 3 heteroatoms. The quantitative estimate of drug-likeness (QED) is 0.753. The lowest BCUT2D eigenvalue weighted by Crippen LogP contribution is -2.47. The maximum absolute atomic E-state index is 12.5. The zero-order chi connectivity index (χ0) is 13.1. The molecule has 104 valence electrons. The Labute approximate surface area is 112 Å². The second-order valence-corrected chi connectivity index (χ2v) is 6.44. The monoisotopic (exact) mass is 252 g/mol. The van der Waals surface area contributed by atoms with Crippen LogP contribution in [0.25, 0.3) is 0 Å². The Morgan fingerprint density at radius 1 is 1.11 bits per heavy atom. The molecule has 1 unspecified atom stereocenters. The first-order valence-corrected chi connectivity index (χ1v) is 7.60. The molecule has 2 heterocycles. The molecule has 0 bridgehead atoms. The van der Waals surface area contributed by atoms with Crippen LogP contribution >= 0.6 is 0 Å². The van der Waals surface area contributed by atoms with Crippen LogP contribution in [0.2, 0.25) is 0 Å². The van der Waals surface area contributed by atoms with Crippen LogP contribution in [0.1, 0.15) is 46.5 Å². The number of nitrogens with zero attached hydrogens (tertiary/aromatic N) is 2. The molecule has 2 rings (SSSR count). The highest BCUT2D eigenvalue weighted by Crippen LogP contribution is 2.24. The minimum Gasteiger partial charge on any atom is -0.342 e. The molecule has 0 spiro atoms. The molecule has 0 aromatic carbocycles. The van der Waals surface area contributed by atoms with Gasteiger partial charge in [-0.05, 0) is 58.5 Å². The second-order valence-electron chi connectivity index (χ2n) is 6.44. The van der Waals surface area contributed by atoms with Gasteiger partial charge in [0.05, 0.1) is 0 Å². The smallest absolute Gasteiger partial charge is 0.225 e. The summed E-state index contributed by atoms with van der Waals surface area (Å²) in [6, 6.07) is 0.621. The van der Waals surface area contributed by atoms with Gasteiger partial charge in [-0.3, -0.25) is 4.79 Å². The van der Waals surface area contributed by atoms with Crippen molar-refractivity contribution in [3.05, 3.63) is 0 Å². The predicted octanol–water partition coefficient (Wildman–Crippen LogP) is 2.37. The van der Waals surface area contributed by atoms with Gasteiger partial charge in [0.1, 0.15) is 0 Å². The molecule has 2 aliphatic rings. The Bertz CT molecular complexity index is 282. The summed E-state index contributed by atoms with van der Waals surface area (Å²) < 4.78 is 0. The number of rotatable bonds is 2. The number of carbonyl (C=O) groups excluding carboxylic acids is 1. The van der Waals surface area contributed by atoms with Gasteiger partial charge in [-0.25, -0.2) is 0 Å². The van der Waals surface area contributed by atoms with Gasteiger partial charge >= 0.3 is 0 Å². The third kappa shape index (κ3) is 3.25. The van der Waals surface area contributed by atoms with Crippen molar-refractivity contribution in [3.63, 3.8) is 0 Å². The molecule has 2 aliphatic heterocycles. The fourth-order valence-electron chi connectivity index (χ4n) is 3.31. The average Bonchev–Trinajstić information content (AvgIpc) is 2.38. The summed E-state index contributed by atoms with van der Waals surface area (Å²) >= 11 is 0. The van der Waals surface area contributed by atoms with Crippen LogP contribution < -0.4 is 0 Å². The summed E-state index contributed by atoms with van der Waals surface area (Å²) in [7, 11) is 0. The summed E-state index contributed by atoms with van der Waals surface area (Å²) in [5, 5.41) is 0. The van der Waals surface area contributed by atoms with Gasteiger partial charge in [0.2, 0.25) is 5.91 Å². The van der Waals surface area contributed by atoms with E-state index in [4.69, 9.17) is 0 Å². The Morgan fingerprint density at radius 2 is 1.78 bits per heavy atom. The van der Waals surface area contributed by atoms with Crippen molar-refractivity contribution in [1.82, 2.24) is 9.80 Å². The van der Waals surface area contributed by atoms with E-state index >= 15 is 0 Å². The molecule has 0 radical (unpaired) electrons. The fourth-order valence-corrected chi connectivity index (χ4v) is 3.31. The first-order valence-electron chi connectivity index (χ1n) is 7.60. The van der Waals surface area contributed by atoms with Crippen molar-refractivity contribution in [2.24, 2.45) is 11.8 Å². The van der Waals surface area contributed by atoms with Crippen molar-refractivity contribution < 1.29 is 4.79 Å². The summed E-state index contributed by atoms with van der Waals surface area (Å²) in [6.07, 6.45) is 4.59. The molecule has 18 heavy (non-hydrogen) atoms. The molecule has 0 aromatic rings. The third-order valence-corrected chi connectivity index (χ3v) is 4.58. The molecule has 2 saturated heterocycles. The molecule has 0 saturated carbocycles. The van der Waals surface area contributed by atoms with Crippen molar-refractivity contribution >= 4 is 5.91 Å². The summed E-state index contributed by atoms with van der Waals surface area (Å²) in [4.78, 5) is 17.1. The number of hydrogen-bond donors (Lipinski definition) is 0. The van der Waals surface area contributed by atoms with E-state index in [9.17, 15) is 4.79 Å². The van der Waals surface area contributed by atoms with E-state index in [0.717, 1.165) is 39.0 Å². The number of carbonyl (C=O) groups is 1. The Hall–Kier alpha value is -0.570. The van der Waals surface area contributed by atoms with Gasteiger partial charge in [0.15, 0.2) is 0 Å². The molecular weight excluding hydrogens is 224 g/mol. The molecule has 0 aromatic heterocycles. The van der Waals surface area contributed by atoms with Gasteiger partial charge in [-0.15, -0.1) is 0 Å². The molecule has 3 nitrogen and oxygen atoms in total. The lowest BCUT2D eigenvalue weighted by atomic mass is 9.92. The van der Waals surface area contributed by atoms with Crippen molar-refractivity contribution in [1.29, 1.82) is 0 Å². The van der Waals surface area contributed by atoms with Gasteiger partial charge in [-0.1, -0.05) is 6.92 Å². The largest absolute Gasteiger partial charge is 0.342 e. The first-order chi connectivity index (χ1) is 8.58. The first kappa shape index (κ1) is 13.9. The third-order valence-electron chi connectivity index (χ3n) is 4.58. The van der Waals surface area contributed by atoms with E-state index in [2.05, 4.69) is 30.6 Å². The zero-order valence-corrected chi connectivity index (χ0v) is 12.2. The molecule has 2 fully saturated rings. The molecular formula is C15H28N2O. The van der Waals surface area contributed by atoms with Crippen LogP contribution in [0.4, 0.5) is 0 Å². The minimum absolute atomic E-state index is 0.297. The summed E-state index contributed by atoms with van der Waals surface area (Å²) in [5.41, 5.74) is 0. The number of amides is 1. The maximum atomic E-state index is 12.5. The lowest BCUT2D eigenvalue weighted by molar-refractivity contribution is -0.139. The Morgan fingerprint density at radius 3 is 2.33 bits per heavy atom. The van der Waals surface area contributed by atoms with Crippen LogP contribution in [0, 0.1) is 11.8 Å².